The van der Waals surface area contributed by atoms with Crippen molar-refractivity contribution in [1.82, 2.24) is 9.78 Å². The first-order valence-corrected chi connectivity index (χ1v) is 18.4. The number of carbonyl (C=O) groups excluding carboxylic acids is 1. The Balaban J connectivity index is 0.000000241. The first-order chi connectivity index (χ1) is 25.4. The summed E-state index contributed by atoms with van der Waals surface area (Å²) in [6, 6.07) is 23.2. The molecule has 0 bridgehead atoms. The van der Waals surface area contributed by atoms with Crippen LogP contribution in [0.5, 0.6) is 17.2 Å². The third-order valence-electron chi connectivity index (χ3n) is 7.40. The molecule has 0 aliphatic carbocycles. The molecule has 0 saturated heterocycles. The molecule has 0 unspecified atom stereocenters. The Kier molecular flexibility index (Phi) is 12.7. The molecule has 21 heteroatoms. The van der Waals surface area contributed by atoms with Crippen LogP contribution in [0.4, 0.5) is 28.4 Å². The molecular formula is C34H29CoN9O9S2+. The van der Waals surface area contributed by atoms with E-state index in [0.29, 0.717) is 27.8 Å². The van der Waals surface area contributed by atoms with Crippen LogP contribution in [-0.4, -0.2) is 37.6 Å². The van der Waals surface area contributed by atoms with Gasteiger partial charge in [0, 0.05) is 12.3 Å². The average Bonchev–Trinajstić information content (AvgIpc) is 3.39. The molecule has 6 rings (SSSR count). The topological polar surface area (TPSA) is 303 Å². The number of H-pyrrole nitrogens is 1. The van der Waals surface area contributed by atoms with Gasteiger partial charge in [0.25, 0.3) is 5.56 Å². The molecule has 0 atom stereocenters. The second-order valence-electron chi connectivity index (χ2n) is 11.3. The van der Waals surface area contributed by atoms with Gasteiger partial charge in [0.2, 0.25) is 26.0 Å². The number of carbonyl (C=O) groups is 1. The van der Waals surface area contributed by atoms with E-state index in [9.17, 15) is 41.7 Å². The molecule has 1 amide bonds. The summed E-state index contributed by atoms with van der Waals surface area (Å²) in [6.45, 7) is 2.97. The fourth-order valence-electron chi connectivity index (χ4n) is 4.87. The van der Waals surface area contributed by atoms with E-state index in [2.05, 4.69) is 30.9 Å². The van der Waals surface area contributed by atoms with Gasteiger partial charge in [-0.1, -0.05) is 60.0 Å². The van der Waals surface area contributed by atoms with Crippen LogP contribution < -0.4 is 31.4 Å². The molecule has 5 aromatic carbocycles. The number of aromatic amines is 1. The van der Waals surface area contributed by atoms with E-state index in [1.165, 1.54) is 17.7 Å². The van der Waals surface area contributed by atoms with Crippen molar-refractivity contribution in [3.63, 3.8) is 0 Å². The molecule has 0 saturated carbocycles. The Morgan fingerprint density at radius 3 is 1.84 bits per heavy atom. The minimum atomic E-state index is -4.03. The number of primary sulfonamides is 2. The van der Waals surface area contributed by atoms with E-state index in [4.69, 9.17) is 10.3 Å². The molecule has 0 radical (unpaired) electrons. The average molecular weight is 831 g/mol. The first-order valence-electron chi connectivity index (χ1n) is 15.3. The Morgan fingerprint density at radius 1 is 0.764 bits per heavy atom. The van der Waals surface area contributed by atoms with Gasteiger partial charge in [-0.05, 0) is 60.8 Å². The number of para-hydroxylation sites is 1. The summed E-state index contributed by atoms with van der Waals surface area (Å²) < 4.78 is 47.0. The fraction of sp³-hybridized carbons (Fsp3) is 0.0588. The van der Waals surface area contributed by atoms with Crippen molar-refractivity contribution >= 4 is 65.2 Å². The van der Waals surface area contributed by atoms with Crippen molar-refractivity contribution < 1.29 is 53.7 Å². The number of nitrogens with two attached hydrogens (primary N) is 2. The van der Waals surface area contributed by atoms with E-state index in [-0.39, 0.29) is 61.0 Å². The minimum Gasteiger partial charge on any atom is -0.871 e. The van der Waals surface area contributed by atoms with Crippen LogP contribution in [-0.2, 0) is 41.6 Å². The number of aryl methyl sites for hydroxylation is 1. The molecule has 1 heterocycles. The molecule has 6 aromatic rings. The fourth-order valence-corrected chi connectivity index (χ4v) is 5.94. The number of hydrogen-bond acceptors (Lipinski definition) is 13. The summed E-state index contributed by atoms with van der Waals surface area (Å²) in [5.74, 6) is -1.67. The van der Waals surface area contributed by atoms with Gasteiger partial charge < -0.3 is 20.6 Å². The summed E-state index contributed by atoms with van der Waals surface area (Å²) in [7, 11) is -8.01. The maximum atomic E-state index is 12.5. The zero-order valence-electron chi connectivity index (χ0n) is 28.5. The number of phenols is 1. The SMILES string of the molecule is CC(=O)Nc1cccc2ccc(O)c(N=Nc3cc(S(N)(=O)=O)ccc3[O-])c12.Cc1[nH]n(-c2ccccc2)c(=O)c1N=Nc1cc(S(N)(=O)=O)ccc1[O-].[Co+3]. The van der Waals surface area contributed by atoms with Gasteiger partial charge in [-0.15, -0.1) is 10.2 Å². The van der Waals surface area contributed by atoms with Crippen molar-refractivity contribution in [1.29, 1.82) is 0 Å². The molecule has 18 nitrogen and oxygen atoms in total. The quantitative estimate of drug-likeness (QED) is 0.137. The van der Waals surface area contributed by atoms with Gasteiger partial charge in [0.15, 0.2) is 5.69 Å². The van der Waals surface area contributed by atoms with Crippen LogP contribution >= 0.6 is 0 Å². The third-order valence-corrected chi connectivity index (χ3v) is 9.22. The van der Waals surface area contributed by atoms with Gasteiger partial charge in [-0.3, -0.25) is 14.7 Å². The number of amides is 1. The number of fused-ring (bicyclic) bond motifs is 1. The van der Waals surface area contributed by atoms with Crippen molar-refractivity contribution in [3.05, 3.63) is 113 Å². The molecule has 0 aliphatic heterocycles. The van der Waals surface area contributed by atoms with E-state index < -0.39 is 37.1 Å². The Bertz CT molecular complexity index is 2750. The number of benzene rings is 5. The summed E-state index contributed by atoms with van der Waals surface area (Å²) in [5.41, 5.74) is 0.530. The Labute approximate surface area is 323 Å². The van der Waals surface area contributed by atoms with E-state index >= 15 is 0 Å². The maximum absolute atomic E-state index is 12.5. The second kappa shape index (κ2) is 16.8. The number of nitrogens with zero attached hydrogens (tertiary/aromatic N) is 5. The zero-order valence-corrected chi connectivity index (χ0v) is 31.2. The summed E-state index contributed by atoms with van der Waals surface area (Å²) in [6.07, 6.45) is 0. The smallest absolute Gasteiger partial charge is 0.871 e. The number of nitrogens with one attached hydrogen (secondary N) is 2. The molecule has 0 spiro atoms. The Hall–Kier alpha value is -6.23. The Morgan fingerprint density at radius 2 is 1.31 bits per heavy atom. The molecule has 55 heavy (non-hydrogen) atoms. The largest absolute Gasteiger partial charge is 3.00 e. The van der Waals surface area contributed by atoms with Crippen molar-refractivity contribution in [2.45, 2.75) is 23.6 Å². The molecule has 284 valence electrons. The third kappa shape index (κ3) is 9.85. The standard InChI is InChI=1S/C18H16N4O5S.C16H15N5O4S.Co/c1-10(23)20-13-4-2-3-11-5-7-16(25)18(17(11)13)22-21-14-9-12(28(19,26)27)6-8-15(14)24;1-10-15(16(23)21(20-10)11-5-3-2-4-6-11)19-18-13-9-12(26(17,24)25)7-8-14(13)22;/h2-9,24-25H,1H3,(H,20,23)(H2,19,26,27);2-9,20,22H,1H3,(H2,17,24,25);/q;;+3/p-2. The molecule has 0 aliphatic rings. The number of rotatable bonds is 8. The summed E-state index contributed by atoms with van der Waals surface area (Å²) >= 11 is 0. The normalized spacial score (nSPS) is 11.6. The van der Waals surface area contributed by atoms with Crippen molar-refractivity contribution in [2.75, 3.05) is 5.32 Å². The van der Waals surface area contributed by atoms with Crippen molar-refractivity contribution in [2.24, 2.45) is 30.7 Å². The van der Waals surface area contributed by atoms with Gasteiger partial charge in [0.05, 0.1) is 38.2 Å². The van der Waals surface area contributed by atoms with E-state index in [1.54, 1.807) is 55.5 Å². The number of aromatic hydroxyl groups is 1. The minimum absolute atomic E-state index is 0. The van der Waals surface area contributed by atoms with E-state index in [0.717, 1.165) is 36.4 Å². The molecule has 7 N–H and O–H groups in total. The van der Waals surface area contributed by atoms with Crippen LogP contribution in [0.3, 0.4) is 0 Å². The molecule has 1 aromatic heterocycles. The van der Waals surface area contributed by atoms with Crippen LogP contribution in [0.2, 0.25) is 0 Å². The van der Waals surface area contributed by atoms with Gasteiger partial charge in [-0.2, -0.15) is 10.2 Å². The monoisotopic (exact) mass is 830 g/mol. The van der Waals surface area contributed by atoms with Crippen LogP contribution in [0.1, 0.15) is 12.6 Å². The van der Waals surface area contributed by atoms with E-state index in [1.807, 2.05) is 6.07 Å². The number of anilines is 1. The van der Waals surface area contributed by atoms with Gasteiger partial charge >= 0.3 is 16.8 Å². The summed E-state index contributed by atoms with van der Waals surface area (Å²) in [4.78, 5) is 23.4. The second-order valence-corrected chi connectivity index (χ2v) is 14.5. The molecular weight excluding hydrogens is 801 g/mol. The zero-order chi connectivity index (χ0) is 39.4. The molecule has 0 fully saturated rings. The first kappa shape index (κ1) is 41.5. The van der Waals surface area contributed by atoms with Gasteiger partial charge in [-0.25, -0.2) is 31.8 Å². The number of hydrogen-bond donors (Lipinski definition) is 5. The predicted octanol–water partition coefficient (Wildman–Crippen LogP) is 4.25. The van der Waals surface area contributed by atoms with Crippen LogP contribution in [0.25, 0.3) is 16.5 Å². The van der Waals surface area contributed by atoms with Crippen LogP contribution in [0.15, 0.2) is 132 Å². The van der Waals surface area contributed by atoms with Crippen molar-refractivity contribution in [3.8, 4) is 22.9 Å². The number of aromatic nitrogens is 2. The number of phenolic OH excluding ortho intramolecular Hbond substituents is 1. The number of azo groups is 2. The predicted molar refractivity (Wildman–Crippen MR) is 194 cm³/mol. The van der Waals surface area contributed by atoms with Crippen LogP contribution in [0, 0.1) is 6.92 Å². The number of sulfonamides is 2. The summed E-state index contributed by atoms with van der Waals surface area (Å²) in [5, 5.41) is 66.1. The maximum Gasteiger partial charge on any atom is 3.00 e. The van der Waals surface area contributed by atoms with Gasteiger partial charge in [0.1, 0.15) is 11.4 Å².